The zero-order chi connectivity index (χ0) is 19.6. The van der Waals surface area contributed by atoms with Gasteiger partial charge in [-0.3, -0.25) is 4.90 Å². The number of carbonyl (C=O) groups excluding carboxylic acids is 2. The Kier molecular flexibility index (Phi) is 16.3. The number of rotatable bonds is 16. The Balaban J connectivity index is 3.74. The number of esters is 1. The molecule has 0 rings (SSSR count). The van der Waals surface area contributed by atoms with Crippen LogP contribution in [0.1, 0.15) is 97.8 Å². The molecule has 0 spiro atoms. The van der Waals surface area contributed by atoms with Crippen molar-refractivity contribution in [3.63, 3.8) is 0 Å². The van der Waals surface area contributed by atoms with Crippen LogP contribution in [0.3, 0.4) is 0 Å². The largest absolute Gasteiger partial charge is 0.464 e. The molecule has 26 heavy (non-hydrogen) atoms. The van der Waals surface area contributed by atoms with E-state index in [0.29, 0.717) is 13.2 Å². The molecule has 0 aliphatic rings. The second-order valence-corrected chi connectivity index (χ2v) is 7.10. The van der Waals surface area contributed by atoms with Gasteiger partial charge in [-0.1, -0.05) is 78.1 Å². The van der Waals surface area contributed by atoms with Crippen molar-refractivity contribution in [1.82, 2.24) is 4.90 Å². The van der Waals surface area contributed by atoms with Crippen LogP contribution in [-0.4, -0.2) is 43.3 Å². The molecule has 0 aliphatic heterocycles. The van der Waals surface area contributed by atoms with Crippen molar-refractivity contribution < 1.29 is 19.1 Å². The van der Waals surface area contributed by atoms with Gasteiger partial charge < -0.3 is 9.47 Å². The van der Waals surface area contributed by atoms with Crippen LogP contribution in [0.2, 0.25) is 0 Å². The molecule has 0 aliphatic carbocycles. The molecule has 0 radical (unpaired) electrons. The molecule has 0 aromatic rings. The van der Waals surface area contributed by atoms with Crippen LogP contribution in [-0.2, 0) is 14.3 Å². The summed E-state index contributed by atoms with van der Waals surface area (Å²) in [6.45, 7) is 6.87. The van der Waals surface area contributed by atoms with Gasteiger partial charge in [-0.15, -0.1) is 0 Å². The number of hydrogen-bond donors (Lipinski definition) is 0. The van der Waals surface area contributed by atoms with Crippen LogP contribution in [0, 0.1) is 0 Å². The van der Waals surface area contributed by atoms with E-state index in [9.17, 15) is 9.59 Å². The van der Waals surface area contributed by atoms with Crippen LogP contribution in [0.15, 0.2) is 0 Å². The molecular formula is C21H41NO4. The van der Waals surface area contributed by atoms with Crippen LogP contribution in [0.25, 0.3) is 0 Å². The lowest BCUT2D eigenvalue weighted by Gasteiger charge is -2.22. The second kappa shape index (κ2) is 17.2. The third-order valence-corrected chi connectivity index (χ3v) is 4.68. The summed E-state index contributed by atoms with van der Waals surface area (Å²) in [5.41, 5.74) is 0. The van der Waals surface area contributed by atoms with Crippen LogP contribution in [0.4, 0.5) is 4.79 Å². The monoisotopic (exact) mass is 371 g/mol. The van der Waals surface area contributed by atoms with Gasteiger partial charge in [0.2, 0.25) is 0 Å². The minimum absolute atomic E-state index is 0.363. The predicted molar refractivity (Wildman–Crippen MR) is 106 cm³/mol. The van der Waals surface area contributed by atoms with Gasteiger partial charge in [0.1, 0.15) is 6.04 Å². The van der Waals surface area contributed by atoms with E-state index in [1.165, 1.54) is 43.4 Å². The molecule has 5 heteroatoms. The summed E-state index contributed by atoms with van der Waals surface area (Å²) in [6, 6.07) is -0.618. The number of hydrogen-bond acceptors (Lipinski definition) is 4. The quantitative estimate of drug-likeness (QED) is 0.258. The minimum Gasteiger partial charge on any atom is -0.464 e. The number of unbranched alkanes of at least 4 members (excludes halogenated alkanes) is 10. The van der Waals surface area contributed by atoms with E-state index in [2.05, 4.69) is 13.8 Å². The highest BCUT2D eigenvalue weighted by molar-refractivity contribution is 5.80. The van der Waals surface area contributed by atoms with Gasteiger partial charge >= 0.3 is 12.1 Å². The third-order valence-electron chi connectivity index (χ3n) is 4.68. The molecule has 154 valence electrons. The smallest absolute Gasteiger partial charge is 0.410 e. The molecule has 0 aromatic heterocycles. The molecule has 0 saturated heterocycles. The Bertz CT molecular complexity index is 360. The Morgan fingerprint density at radius 2 is 1.15 bits per heavy atom. The maximum absolute atomic E-state index is 12.0. The van der Waals surface area contributed by atoms with Gasteiger partial charge in [-0.05, 0) is 19.8 Å². The average molecular weight is 372 g/mol. The molecule has 0 heterocycles. The van der Waals surface area contributed by atoms with Crippen LogP contribution >= 0.6 is 0 Å². The van der Waals surface area contributed by atoms with E-state index >= 15 is 0 Å². The summed E-state index contributed by atoms with van der Waals surface area (Å²) in [5, 5.41) is 0. The average Bonchev–Trinajstić information content (AvgIpc) is 2.64. The first-order chi connectivity index (χ1) is 12.5. The fourth-order valence-corrected chi connectivity index (χ4v) is 2.64. The molecule has 0 bridgehead atoms. The van der Waals surface area contributed by atoms with Crippen molar-refractivity contribution >= 4 is 12.1 Å². The molecule has 1 unspecified atom stereocenters. The van der Waals surface area contributed by atoms with Crippen LogP contribution in [0.5, 0.6) is 0 Å². The Labute approximate surface area is 160 Å². The van der Waals surface area contributed by atoms with E-state index in [0.717, 1.165) is 38.5 Å². The van der Waals surface area contributed by atoms with Crippen LogP contribution < -0.4 is 0 Å². The SMILES string of the molecule is CCCCCCCCCCOC(=O)C(C)N(C)C(=O)OCCCCCC. The standard InChI is InChI=1S/C21H41NO4/c1-5-7-9-11-12-13-14-16-17-25-20(23)19(3)22(4)21(24)26-18-15-10-8-6-2/h19H,5-18H2,1-4H3. The number of ether oxygens (including phenoxy) is 2. The predicted octanol–water partition coefficient (Wildman–Crippen LogP) is 5.71. The van der Waals surface area contributed by atoms with E-state index in [-0.39, 0.29) is 5.97 Å². The molecule has 0 saturated carbocycles. The molecule has 5 nitrogen and oxygen atoms in total. The van der Waals surface area contributed by atoms with E-state index in [1.807, 2.05) is 0 Å². The fraction of sp³-hybridized carbons (Fsp3) is 0.905. The topological polar surface area (TPSA) is 55.8 Å². The highest BCUT2D eigenvalue weighted by Gasteiger charge is 2.24. The van der Waals surface area contributed by atoms with Gasteiger partial charge in [-0.25, -0.2) is 9.59 Å². The van der Waals surface area contributed by atoms with Gasteiger partial charge in [0.25, 0.3) is 0 Å². The highest BCUT2D eigenvalue weighted by atomic mass is 16.6. The van der Waals surface area contributed by atoms with E-state index in [1.54, 1.807) is 14.0 Å². The molecule has 1 atom stereocenters. The number of nitrogens with zero attached hydrogens (tertiary/aromatic N) is 1. The number of carbonyl (C=O) groups is 2. The summed E-state index contributed by atoms with van der Waals surface area (Å²) in [7, 11) is 1.58. The van der Waals surface area contributed by atoms with Crippen molar-refractivity contribution in [1.29, 1.82) is 0 Å². The van der Waals surface area contributed by atoms with Crippen molar-refractivity contribution in [2.45, 2.75) is 104 Å². The molecule has 0 N–H and O–H groups in total. The lowest BCUT2D eigenvalue weighted by Crippen LogP contribution is -2.41. The van der Waals surface area contributed by atoms with Gasteiger partial charge in [0.15, 0.2) is 0 Å². The first-order valence-corrected chi connectivity index (χ1v) is 10.6. The van der Waals surface area contributed by atoms with Gasteiger partial charge in [0.05, 0.1) is 13.2 Å². The van der Waals surface area contributed by atoms with Crippen molar-refractivity contribution in [2.75, 3.05) is 20.3 Å². The first-order valence-electron chi connectivity index (χ1n) is 10.6. The Hall–Kier alpha value is -1.26. The lowest BCUT2D eigenvalue weighted by atomic mass is 10.1. The second-order valence-electron chi connectivity index (χ2n) is 7.10. The first kappa shape index (κ1) is 24.7. The van der Waals surface area contributed by atoms with E-state index in [4.69, 9.17) is 9.47 Å². The fourth-order valence-electron chi connectivity index (χ4n) is 2.64. The van der Waals surface area contributed by atoms with Crippen molar-refractivity contribution in [3.05, 3.63) is 0 Å². The highest BCUT2D eigenvalue weighted by Crippen LogP contribution is 2.09. The summed E-state index contributed by atoms with van der Waals surface area (Å²) in [5.74, 6) is -0.363. The molecule has 1 amide bonds. The van der Waals surface area contributed by atoms with Crippen molar-refractivity contribution in [3.8, 4) is 0 Å². The Morgan fingerprint density at radius 1 is 0.731 bits per heavy atom. The summed E-state index contributed by atoms with van der Waals surface area (Å²) >= 11 is 0. The molecule has 0 fully saturated rings. The lowest BCUT2D eigenvalue weighted by molar-refractivity contribution is -0.148. The van der Waals surface area contributed by atoms with Gasteiger partial charge in [-0.2, -0.15) is 0 Å². The maximum Gasteiger partial charge on any atom is 0.410 e. The van der Waals surface area contributed by atoms with Gasteiger partial charge in [0, 0.05) is 7.05 Å². The number of likely N-dealkylation sites (N-methyl/N-ethyl adjacent to an activating group) is 1. The molecule has 0 aromatic carbocycles. The summed E-state index contributed by atoms with van der Waals surface area (Å²) in [4.78, 5) is 25.3. The maximum atomic E-state index is 12.0. The normalized spacial score (nSPS) is 11.8. The molecular weight excluding hydrogens is 330 g/mol. The Morgan fingerprint density at radius 3 is 1.69 bits per heavy atom. The summed E-state index contributed by atoms with van der Waals surface area (Å²) in [6.07, 6.45) is 13.4. The minimum atomic E-state index is -0.618. The van der Waals surface area contributed by atoms with E-state index < -0.39 is 12.1 Å². The van der Waals surface area contributed by atoms with Crippen molar-refractivity contribution in [2.24, 2.45) is 0 Å². The third kappa shape index (κ3) is 13.0. The summed E-state index contributed by atoms with van der Waals surface area (Å²) < 4.78 is 10.5. The zero-order valence-corrected chi connectivity index (χ0v) is 17.6. The number of amides is 1. The zero-order valence-electron chi connectivity index (χ0n) is 17.6.